The molecule has 0 fully saturated rings. The van der Waals surface area contributed by atoms with Crippen LogP contribution in [0.4, 0.5) is 4.79 Å². The van der Waals surface area contributed by atoms with E-state index in [1.165, 1.54) is 0 Å². The van der Waals surface area contributed by atoms with Crippen LogP contribution in [0.3, 0.4) is 0 Å². The summed E-state index contributed by atoms with van der Waals surface area (Å²) in [6.07, 6.45) is 1.50. The van der Waals surface area contributed by atoms with Gasteiger partial charge < -0.3 is 29.8 Å². The monoisotopic (exact) mass is 485 g/mol. The quantitative estimate of drug-likeness (QED) is 0.338. The highest BCUT2D eigenvalue weighted by atomic mass is 16.7. The maximum absolute atomic E-state index is 13.4. The van der Waals surface area contributed by atoms with Crippen molar-refractivity contribution in [2.24, 2.45) is 0 Å². The van der Waals surface area contributed by atoms with E-state index >= 15 is 0 Å². The van der Waals surface area contributed by atoms with Gasteiger partial charge in [0, 0.05) is 23.5 Å². The number of alkyl carbamates (subject to hydrolysis) is 1. The third-order valence-corrected chi connectivity index (χ3v) is 6.18. The van der Waals surface area contributed by atoms with Gasteiger partial charge in [0.2, 0.25) is 12.7 Å². The van der Waals surface area contributed by atoms with Crippen LogP contribution in [0.1, 0.15) is 29.7 Å². The van der Waals surface area contributed by atoms with Gasteiger partial charge in [0.25, 0.3) is 0 Å². The van der Waals surface area contributed by atoms with E-state index in [0.717, 1.165) is 27.6 Å². The molecule has 0 radical (unpaired) electrons. The van der Waals surface area contributed by atoms with Crippen molar-refractivity contribution in [1.82, 2.24) is 15.6 Å². The number of rotatable bonds is 8. The molecule has 0 spiro atoms. The summed E-state index contributed by atoms with van der Waals surface area (Å²) in [4.78, 5) is 29.3. The zero-order valence-corrected chi connectivity index (χ0v) is 19.8. The number of carbonyl (C=O) groups excluding carboxylic acids is 2. The van der Waals surface area contributed by atoms with Crippen molar-refractivity contribution < 1.29 is 23.8 Å². The number of amides is 2. The maximum Gasteiger partial charge on any atom is 0.408 e. The second-order valence-electron chi connectivity index (χ2n) is 8.67. The Morgan fingerprint density at radius 2 is 1.75 bits per heavy atom. The number of H-pyrrole nitrogens is 1. The maximum atomic E-state index is 13.4. The van der Waals surface area contributed by atoms with Gasteiger partial charge in [-0.2, -0.15) is 0 Å². The molecule has 0 bridgehead atoms. The zero-order valence-electron chi connectivity index (χ0n) is 19.8. The van der Waals surface area contributed by atoms with Crippen LogP contribution in [0.15, 0.2) is 79.0 Å². The van der Waals surface area contributed by atoms with E-state index in [-0.39, 0.29) is 25.3 Å². The lowest BCUT2D eigenvalue weighted by molar-refractivity contribution is -0.123. The molecule has 2 atom stereocenters. The molecule has 0 saturated carbocycles. The molecule has 2 heterocycles. The van der Waals surface area contributed by atoms with Gasteiger partial charge in [-0.3, -0.25) is 4.79 Å². The van der Waals surface area contributed by atoms with Gasteiger partial charge in [0.15, 0.2) is 11.5 Å². The SMILES string of the molecule is C[C@H](NC(=O)[C@@H](Cc1c[nH]c2ccccc12)NC(=O)OCc1ccccc1)c1ccc2c(c1)OCO2. The number of carbonyl (C=O) groups is 2. The summed E-state index contributed by atoms with van der Waals surface area (Å²) in [5.41, 5.74) is 3.61. The van der Waals surface area contributed by atoms with E-state index < -0.39 is 12.1 Å². The van der Waals surface area contributed by atoms with Crippen LogP contribution in [0.25, 0.3) is 10.9 Å². The van der Waals surface area contributed by atoms with Gasteiger partial charge in [-0.05, 0) is 41.8 Å². The van der Waals surface area contributed by atoms with E-state index in [0.29, 0.717) is 17.9 Å². The summed E-state index contributed by atoms with van der Waals surface area (Å²) in [6, 6.07) is 21.6. The normalized spacial score (nSPS) is 13.7. The highest BCUT2D eigenvalue weighted by Crippen LogP contribution is 2.34. The molecule has 4 aromatic rings. The number of hydrogen-bond donors (Lipinski definition) is 3. The summed E-state index contributed by atoms with van der Waals surface area (Å²) in [5.74, 6) is 1.01. The van der Waals surface area contributed by atoms with Crippen molar-refractivity contribution in [2.45, 2.75) is 32.0 Å². The predicted molar refractivity (Wildman–Crippen MR) is 135 cm³/mol. The minimum atomic E-state index is -0.844. The lowest BCUT2D eigenvalue weighted by Gasteiger charge is -2.21. The molecule has 3 aromatic carbocycles. The van der Waals surface area contributed by atoms with Crippen LogP contribution < -0.4 is 20.1 Å². The number of fused-ring (bicyclic) bond motifs is 2. The Morgan fingerprint density at radius 1 is 0.972 bits per heavy atom. The molecule has 36 heavy (non-hydrogen) atoms. The second-order valence-corrected chi connectivity index (χ2v) is 8.67. The van der Waals surface area contributed by atoms with E-state index in [1.807, 2.05) is 85.9 Å². The Kier molecular flexibility index (Phi) is 6.75. The number of para-hydroxylation sites is 1. The van der Waals surface area contributed by atoms with Crippen LogP contribution in [0, 0.1) is 0 Å². The van der Waals surface area contributed by atoms with Crippen molar-refractivity contribution in [3.05, 3.63) is 95.7 Å². The number of hydrogen-bond acceptors (Lipinski definition) is 5. The van der Waals surface area contributed by atoms with E-state index in [2.05, 4.69) is 15.6 Å². The average Bonchev–Trinajstić information content (AvgIpc) is 3.54. The van der Waals surface area contributed by atoms with Crippen LogP contribution in [-0.2, 0) is 22.6 Å². The Balaban J connectivity index is 1.30. The summed E-state index contributed by atoms with van der Waals surface area (Å²) in [7, 11) is 0. The van der Waals surface area contributed by atoms with E-state index in [4.69, 9.17) is 14.2 Å². The molecule has 1 aliphatic heterocycles. The molecule has 0 aliphatic carbocycles. The first kappa shape index (κ1) is 23.3. The fourth-order valence-corrected chi connectivity index (χ4v) is 4.22. The lowest BCUT2D eigenvalue weighted by atomic mass is 10.0. The molecule has 8 nitrogen and oxygen atoms in total. The summed E-state index contributed by atoms with van der Waals surface area (Å²) in [6.45, 7) is 2.18. The third-order valence-electron chi connectivity index (χ3n) is 6.18. The largest absolute Gasteiger partial charge is 0.454 e. The van der Waals surface area contributed by atoms with Crippen LogP contribution in [-0.4, -0.2) is 29.8 Å². The molecule has 1 aromatic heterocycles. The topological polar surface area (TPSA) is 102 Å². The van der Waals surface area contributed by atoms with Gasteiger partial charge in [-0.15, -0.1) is 0 Å². The van der Waals surface area contributed by atoms with Crippen molar-refractivity contribution in [2.75, 3.05) is 6.79 Å². The smallest absolute Gasteiger partial charge is 0.408 e. The van der Waals surface area contributed by atoms with Gasteiger partial charge >= 0.3 is 6.09 Å². The predicted octanol–water partition coefficient (Wildman–Crippen LogP) is 4.61. The minimum absolute atomic E-state index is 0.113. The van der Waals surface area contributed by atoms with Gasteiger partial charge in [0.05, 0.1) is 6.04 Å². The van der Waals surface area contributed by atoms with E-state index in [9.17, 15) is 9.59 Å². The van der Waals surface area contributed by atoms with Crippen LogP contribution in [0.5, 0.6) is 11.5 Å². The third kappa shape index (κ3) is 5.27. The minimum Gasteiger partial charge on any atom is -0.454 e. The van der Waals surface area contributed by atoms with Crippen molar-refractivity contribution >= 4 is 22.9 Å². The zero-order chi connectivity index (χ0) is 24.9. The number of nitrogens with one attached hydrogen (secondary N) is 3. The van der Waals surface area contributed by atoms with Crippen LogP contribution >= 0.6 is 0 Å². The molecule has 0 saturated heterocycles. The first-order valence-corrected chi connectivity index (χ1v) is 11.8. The molecule has 5 rings (SSSR count). The fraction of sp³-hybridized carbons (Fsp3) is 0.214. The first-order valence-electron chi connectivity index (χ1n) is 11.8. The second kappa shape index (κ2) is 10.4. The molecule has 184 valence electrons. The standard InChI is InChI=1S/C28H27N3O5/c1-18(20-11-12-25-26(14-20)36-17-35-25)30-27(32)24(13-21-15-29-23-10-6-5-9-22(21)23)31-28(33)34-16-19-7-3-2-4-8-19/h2-12,14-15,18,24,29H,13,16-17H2,1H3,(H,30,32)(H,31,33)/t18-,24+/m0/s1. The molecule has 3 N–H and O–H groups in total. The van der Waals surface area contributed by atoms with Gasteiger partial charge in [-0.25, -0.2) is 4.79 Å². The van der Waals surface area contributed by atoms with Crippen molar-refractivity contribution in [1.29, 1.82) is 0 Å². The first-order chi connectivity index (χ1) is 17.6. The van der Waals surface area contributed by atoms with E-state index in [1.54, 1.807) is 0 Å². The molecule has 2 amide bonds. The highest BCUT2D eigenvalue weighted by molar-refractivity contribution is 5.88. The Labute approximate surface area is 208 Å². The lowest BCUT2D eigenvalue weighted by Crippen LogP contribution is -2.48. The van der Waals surface area contributed by atoms with Crippen LogP contribution in [0.2, 0.25) is 0 Å². The average molecular weight is 486 g/mol. The van der Waals surface area contributed by atoms with Gasteiger partial charge in [-0.1, -0.05) is 54.6 Å². The molecular weight excluding hydrogens is 458 g/mol. The highest BCUT2D eigenvalue weighted by Gasteiger charge is 2.25. The Hall–Kier alpha value is -4.46. The summed E-state index contributed by atoms with van der Waals surface area (Å²) < 4.78 is 16.2. The number of ether oxygens (including phenoxy) is 3. The molecule has 8 heteroatoms. The number of aromatic amines is 1. The Morgan fingerprint density at radius 3 is 2.61 bits per heavy atom. The summed E-state index contributed by atoms with van der Waals surface area (Å²) >= 11 is 0. The molecule has 1 aliphatic rings. The number of benzene rings is 3. The number of aromatic nitrogens is 1. The molecular formula is C28H27N3O5. The van der Waals surface area contributed by atoms with Crippen molar-refractivity contribution in [3.63, 3.8) is 0 Å². The molecule has 0 unspecified atom stereocenters. The fourth-order valence-electron chi connectivity index (χ4n) is 4.22. The summed E-state index contributed by atoms with van der Waals surface area (Å²) in [5, 5.41) is 6.77. The van der Waals surface area contributed by atoms with Crippen molar-refractivity contribution in [3.8, 4) is 11.5 Å². The van der Waals surface area contributed by atoms with Gasteiger partial charge in [0.1, 0.15) is 12.6 Å². The Bertz CT molecular complexity index is 1370.